The summed E-state index contributed by atoms with van der Waals surface area (Å²) < 4.78 is 38.0. The number of carbonyl (C=O) groups excluding carboxylic acids is 1. The molecule has 0 bridgehead atoms. The molecule has 3 rings (SSSR count). The molecule has 1 saturated heterocycles. The highest BCUT2D eigenvalue weighted by molar-refractivity contribution is 7.89. The van der Waals surface area contributed by atoms with Gasteiger partial charge in [-0.1, -0.05) is 6.92 Å². The molecule has 0 spiro atoms. The molecule has 0 unspecified atom stereocenters. The van der Waals surface area contributed by atoms with Crippen LogP contribution in [0.15, 0.2) is 53.4 Å². The van der Waals surface area contributed by atoms with Crippen molar-refractivity contribution in [2.24, 2.45) is 5.92 Å². The Morgan fingerprint density at radius 3 is 2.32 bits per heavy atom. The van der Waals surface area contributed by atoms with E-state index in [9.17, 15) is 13.2 Å². The molecule has 2 N–H and O–H groups in total. The third kappa shape index (κ3) is 7.23. The highest BCUT2D eigenvalue weighted by atomic mass is 32.2. The smallest absolute Gasteiger partial charge is 0.257 e. The van der Waals surface area contributed by atoms with Crippen LogP contribution in [0.25, 0.3) is 0 Å². The fraction of sp³-hybridized carbons (Fsp3) is 0.417. The van der Waals surface area contributed by atoms with Gasteiger partial charge in [-0.25, -0.2) is 8.42 Å². The average molecular weight is 506 g/mol. The summed E-state index contributed by atoms with van der Waals surface area (Å²) in [7, 11) is -3.51. The second kappa shape index (κ2) is 12.3. The average Bonchev–Trinajstić information content (AvgIpc) is 2.83. The van der Waals surface area contributed by atoms with Crippen molar-refractivity contribution in [3.8, 4) is 5.75 Å². The molecule has 1 amide bonds. The van der Waals surface area contributed by atoms with Crippen molar-refractivity contribution >= 4 is 38.9 Å². The van der Waals surface area contributed by atoms with E-state index in [1.54, 1.807) is 48.5 Å². The van der Waals surface area contributed by atoms with Crippen molar-refractivity contribution in [2.75, 3.05) is 38.2 Å². The molecule has 1 aliphatic heterocycles. The first-order valence-corrected chi connectivity index (χ1v) is 13.2. The Morgan fingerprint density at radius 1 is 1.06 bits per heavy atom. The van der Waals surface area contributed by atoms with Crippen LogP contribution in [0.2, 0.25) is 0 Å². The molecule has 0 saturated carbocycles. The zero-order valence-electron chi connectivity index (χ0n) is 19.5. The van der Waals surface area contributed by atoms with Crippen molar-refractivity contribution in [2.45, 2.75) is 31.6 Å². The SMILES string of the molecule is CCOCCOc1ccc(C(=O)NC(=S)Nc2ccc(S(=O)(=O)N3CCC(C)CC3)cc2)cc1. The van der Waals surface area contributed by atoms with Crippen LogP contribution >= 0.6 is 12.2 Å². The number of carbonyl (C=O) groups is 1. The van der Waals surface area contributed by atoms with Crippen molar-refractivity contribution in [1.29, 1.82) is 0 Å². The molecule has 34 heavy (non-hydrogen) atoms. The van der Waals surface area contributed by atoms with E-state index in [0.29, 0.717) is 55.8 Å². The topological polar surface area (TPSA) is 97.0 Å². The van der Waals surface area contributed by atoms with Crippen LogP contribution in [0.1, 0.15) is 37.0 Å². The second-order valence-electron chi connectivity index (χ2n) is 8.09. The highest BCUT2D eigenvalue weighted by Gasteiger charge is 2.27. The number of sulfonamides is 1. The fourth-order valence-electron chi connectivity index (χ4n) is 3.49. The van der Waals surface area contributed by atoms with Gasteiger partial charge in [0, 0.05) is 30.9 Å². The summed E-state index contributed by atoms with van der Waals surface area (Å²) in [6.07, 6.45) is 1.74. The van der Waals surface area contributed by atoms with Gasteiger partial charge in [0.15, 0.2) is 5.11 Å². The van der Waals surface area contributed by atoms with Crippen LogP contribution in [0.5, 0.6) is 5.75 Å². The number of amides is 1. The van der Waals surface area contributed by atoms with E-state index in [4.69, 9.17) is 21.7 Å². The van der Waals surface area contributed by atoms with Gasteiger partial charge in [-0.05, 0) is 86.4 Å². The molecule has 0 aromatic heterocycles. The minimum Gasteiger partial charge on any atom is -0.491 e. The zero-order valence-corrected chi connectivity index (χ0v) is 21.1. The number of hydrogen-bond acceptors (Lipinski definition) is 6. The van der Waals surface area contributed by atoms with Gasteiger partial charge in [0.2, 0.25) is 10.0 Å². The standard InChI is InChI=1S/C24H31N3O5S2/c1-3-31-16-17-32-21-8-4-19(5-9-21)23(28)26-24(33)25-20-6-10-22(11-7-20)34(29,30)27-14-12-18(2)13-15-27/h4-11,18H,3,12-17H2,1-2H3,(H2,25,26,28,33). The lowest BCUT2D eigenvalue weighted by Crippen LogP contribution is -2.37. The monoisotopic (exact) mass is 505 g/mol. The lowest BCUT2D eigenvalue weighted by Gasteiger charge is -2.29. The Bertz CT molecular complexity index is 1060. The maximum atomic E-state index is 12.8. The molecule has 10 heteroatoms. The van der Waals surface area contributed by atoms with Crippen molar-refractivity contribution in [3.05, 3.63) is 54.1 Å². The predicted octanol–water partition coefficient (Wildman–Crippen LogP) is 3.65. The summed E-state index contributed by atoms with van der Waals surface area (Å²) in [6.45, 7) is 6.72. The van der Waals surface area contributed by atoms with E-state index < -0.39 is 10.0 Å². The molecular formula is C24H31N3O5S2. The first-order valence-electron chi connectivity index (χ1n) is 11.3. The zero-order chi connectivity index (χ0) is 24.6. The molecule has 2 aromatic carbocycles. The number of benzene rings is 2. The van der Waals surface area contributed by atoms with Crippen molar-refractivity contribution in [1.82, 2.24) is 9.62 Å². The third-order valence-corrected chi connectivity index (χ3v) is 7.65. The second-order valence-corrected chi connectivity index (χ2v) is 10.4. The van der Waals surface area contributed by atoms with Crippen LogP contribution in [0.3, 0.4) is 0 Å². The molecule has 0 aliphatic carbocycles. The third-order valence-electron chi connectivity index (χ3n) is 5.54. The number of piperidine rings is 1. The molecule has 184 valence electrons. The van der Waals surface area contributed by atoms with E-state index in [0.717, 1.165) is 12.8 Å². The highest BCUT2D eigenvalue weighted by Crippen LogP contribution is 2.24. The Hall–Kier alpha value is -2.53. The van der Waals surface area contributed by atoms with Crippen molar-refractivity contribution < 1.29 is 22.7 Å². The first-order chi connectivity index (χ1) is 16.3. The van der Waals surface area contributed by atoms with Gasteiger partial charge in [-0.3, -0.25) is 10.1 Å². The van der Waals surface area contributed by atoms with E-state index in [1.165, 1.54) is 4.31 Å². The Morgan fingerprint density at radius 2 is 1.71 bits per heavy atom. The maximum Gasteiger partial charge on any atom is 0.257 e. The minimum absolute atomic E-state index is 0.114. The lowest BCUT2D eigenvalue weighted by molar-refractivity contribution is 0.0977. The predicted molar refractivity (Wildman–Crippen MR) is 136 cm³/mol. The quantitative estimate of drug-likeness (QED) is 0.397. The van der Waals surface area contributed by atoms with Crippen LogP contribution in [-0.2, 0) is 14.8 Å². The summed E-state index contributed by atoms with van der Waals surface area (Å²) in [4.78, 5) is 12.7. The van der Waals surface area contributed by atoms with Gasteiger partial charge in [0.25, 0.3) is 5.91 Å². The number of thiocarbonyl (C=S) groups is 1. The number of anilines is 1. The maximum absolute atomic E-state index is 12.8. The summed E-state index contributed by atoms with van der Waals surface area (Å²) in [5, 5.41) is 5.64. The number of nitrogens with one attached hydrogen (secondary N) is 2. The van der Waals surface area contributed by atoms with Crippen LogP contribution < -0.4 is 15.4 Å². The van der Waals surface area contributed by atoms with Gasteiger partial charge >= 0.3 is 0 Å². The number of hydrogen-bond donors (Lipinski definition) is 2. The largest absolute Gasteiger partial charge is 0.491 e. The van der Waals surface area contributed by atoms with Gasteiger partial charge in [0.05, 0.1) is 11.5 Å². The molecule has 2 aromatic rings. The molecule has 0 radical (unpaired) electrons. The summed E-state index contributed by atoms with van der Waals surface area (Å²) in [5.41, 5.74) is 1.01. The Kier molecular flexibility index (Phi) is 9.40. The van der Waals surface area contributed by atoms with Gasteiger partial charge in [-0.15, -0.1) is 0 Å². The van der Waals surface area contributed by atoms with E-state index in [1.807, 2.05) is 6.92 Å². The van der Waals surface area contributed by atoms with E-state index in [2.05, 4.69) is 17.6 Å². The number of nitrogens with zero attached hydrogens (tertiary/aromatic N) is 1. The fourth-order valence-corrected chi connectivity index (χ4v) is 5.17. The normalized spacial score (nSPS) is 15.0. The molecule has 0 atom stereocenters. The summed E-state index contributed by atoms with van der Waals surface area (Å²) in [6, 6.07) is 13.1. The van der Waals surface area contributed by atoms with Crippen LogP contribution in [0, 0.1) is 5.92 Å². The Labute approximate surface area is 206 Å². The van der Waals surface area contributed by atoms with E-state index >= 15 is 0 Å². The van der Waals surface area contributed by atoms with Crippen LogP contribution in [-0.4, -0.2) is 56.7 Å². The van der Waals surface area contributed by atoms with Gasteiger partial charge < -0.3 is 14.8 Å². The van der Waals surface area contributed by atoms with E-state index in [-0.39, 0.29) is 15.9 Å². The molecule has 1 aliphatic rings. The molecule has 1 heterocycles. The Balaban J connectivity index is 1.51. The van der Waals surface area contributed by atoms with Crippen LogP contribution in [0.4, 0.5) is 5.69 Å². The molecule has 1 fully saturated rings. The minimum atomic E-state index is -3.51. The first kappa shape index (κ1) is 26.1. The van der Waals surface area contributed by atoms with Crippen molar-refractivity contribution in [3.63, 3.8) is 0 Å². The number of ether oxygens (including phenoxy) is 2. The number of rotatable bonds is 9. The lowest BCUT2D eigenvalue weighted by atomic mass is 10.0. The summed E-state index contributed by atoms with van der Waals surface area (Å²) in [5.74, 6) is 0.828. The molecule has 8 nitrogen and oxygen atoms in total. The van der Waals surface area contributed by atoms with Gasteiger partial charge in [0.1, 0.15) is 12.4 Å². The summed E-state index contributed by atoms with van der Waals surface area (Å²) >= 11 is 5.23. The molecular weight excluding hydrogens is 474 g/mol. The van der Waals surface area contributed by atoms with Gasteiger partial charge in [-0.2, -0.15) is 4.31 Å².